The van der Waals surface area contributed by atoms with E-state index in [2.05, 4.69) is 20.6 Å². The number of aliphatic hydroxyl groups is 3. The van der Waals surface area contributed by atoms with Crippen molar-refractivity contribution in [1.29, 1.82) is 0 Å². The Labute approximate surface area is 259 Å². The van der Waals surface area contributed by atoms with Crippen LogP contribution in [0.1, 0.15) is 72.4 Å². The fourth-order valence-electron chi connectivity index (χ4n) is 5.66. The molecule has 1 fully saturated rings. The van der Waals surface area contributed by atoms with Gasteiger partial charge in [0.15, 0.2) is 13.7 Å². The number of nitrogens with zero attached hydrogens (tertiary/aromatic N) is 5. The minimum Gasteiger partial charge on any atom is -0.467 e. The van der Waals surface area contributed by atoms with Crippen molar-refractivity contribution >= 4 is 47.8 Å². The second-order valence-corrected chi connectivity index (χ2v) is 13.3. The van der Waals surface area contributed by atoms with Gasteiger partial charge in [-0.15, -0.1) is 0 Å². The molecule has 44 heavy (non-hydrogen) atoms. The number of carbonyl (C=O) groups is 1. The molecule has 2 radical (unpaired) electrons. The summed E-state index contributed by atoms with van der Waals surface area (Å²) in [6, 6.07) is 4.72. The van der Waals surface area contributed by atoms with E-state index in [-0.39, 0.29) is 23.6 Å². The van der Waals surface area contributed by atoms with Gasteiger partial charge < -0.3 is 30.7 Å². The maximum absolute atomic E-state index is 13.6. The highest BCUT2D eigenvalue weighted by Gasteiger charge is 2.39. The lowest BCUT2D eigenvalue weighted by Crippen LogP contribution is -2.44. The number of hydrogen-bond donors (Lipinski definition) is 5. The predicted octanol–water partition coefficient (Wildman–Crippen LogP) is 2.82. The van der Waals surface area contributed by atoms with E-state index in [9.17, 15) is 24.9 Å². The fourth-order valence-corrected chi connectivity index (χ4v) is 6.51. The highest BCUT2D eigenvalue weighted by atomic mass is 32.1. The molecule has 5 rings (SSSR count). The highest BCUT2D eigenvalue weighted by molar-refractivity contribution is 7.16. The third-order valence-electron chi connectivity index (χ3n) is 7.51. The average Bonchev–Trinajstić information content (AvgIpc) is 3.57. The predicted molar refractivity (Wildman–Crippen MR) is 167 cm³/mol. The zero-order valence-electron chi connectivity index (χ0n) is 25.5. The summed E-state index contributed by atoms with van der Waals surface area (Å²) in [5.74, 6) is -2.46. The lowest BCUT2D eigenvalue weighted by Gasteiger charge is -2.25. The third kappa shape index (κ3) is 6.50. The molecule has 0 saturated heterocycles. The zero-order valence-corrected chi connectivity index (χ0v) is 26.3. The monoisotopic (exact) mass is 621 g/mol. The Balaban J connectivity index is 1.57. The van der Waals surface area contributed by atoms with Gasteiger partial charge in [0.05, 0.1) is 45.7 Å². The number of rotatable bonds is 9. The summed E-state index contributed by atoms with van der Waals surface area (Å²) in [4.78, 5) is 39.6. The molecular weight excluding hydrogens is 585 g/mol. The molecule has 1 amide bonds. The van der Waals surface area contributed by atoms with Gasteiger partial charge in [-0.25, -0.2) is 24.3 Å². The summed E-state index contributed by atoms with van der Waals surface area (Å²) in [7, 11) is 5.59. The van der Waals surface area contributed by atoms with Crippen molar-refractivity contribution in [2.24, 2.45) is 0 Å². The van der Waals surface area contributed by atoms with Crippen molar-refractivity contribution < 1.29 is 24.9 Å². The van der Waals surface area contributed by atoms with Gasteiger partial charge in [0.2, 0.25) is 5.91 Å². The number of carbonyl (C=O) groups excluding carboxylic acids is 1. The number of hydrogen-bond acceptors (Lipinski definition) is 11. The first-order valence-corrected chi connectivity index (χ1v) is 15.1. The Bertz CT molecular complexity index is 1770. The van der Waals surface area contributed by atoms with Crippen molar-refractivity contribution in [2.45, 2.75) is 89.9 Å². The Morgan fingerprint density at radius 1 is 1.16 bits per heavy atom. The van der Waals surface area contributed by atoms with Crippen LogP contribution >= 0.6 is 11.3 Å². The number of amides is 1. The smallest absolute Gasteiger partial charge is 0.332 e. The first-order chi connectivity index (χ1) is 20.4. The molecule has 0 aromatic carbocycles. The van der Waals surface area contributed by atoms with Gasteiger partial charge in [-0.2, -0.15) is 0 Å². The van der Waals surface area contributed by atoms with Crippen molar-refractivity contribution in [2.75, 3.05) is 5.32 Å². The van der Waals surface area contributed by atoms with Crippen LogP contribution in [-0.2, 0) is 16.2 Å². The number of nitrogens with one attached hydrogen (secondary N) is 2. The van der Waals surface area contributed by atoms with Crippen LogP contribution in [0.4, 0.5) is 11.6 Å². The summed E-state index contributed by atoms with van der Waals surface area (Å²) in [5.41, 5.74) is -0.833. The van der Waals surface area contributed by atoms with Gasteiger partial charge in [-0.05, 0) is 71.6 Å². The van der Waals surface area contributed by atoms with E-state index >= 15 is 0 Å². The molecule has 1 aliphatic rings. The van der Waals surface area contributed by atoms with Gasteiger partial charge in [-0.3, -0.25) is 9.36 Å². The average molecular weight is 622 g/mol. The minimum absolute atomic E-state index is 0.0420. The van der Waals surface area contributed by atoms with E-state index in [1.54, 1.807) is 38.2 Å². The Hall–Kier alpha value is -3.79. The quantitative estimate of drug-likeness (QED) is 0.138. The van der Waals surface area contributed by atoms with E-state index in [0.29, 0.717) is 57.4 Å². The van der Waals surface area contributed by atoms with Crippen LogP contribution in [0.15, 0.2) is 35.4 Å². The van der Waals surface area contributed by atoms with Crippen LogP contribution in [0.3, 0.4) is 0 Å². The summed E-state index contributed by atoms with van der Waals surface area (Å²) in [6.07, 6.45) is 4.57. The SMILES string of the molecule is [B]C(O)(O)n1c(=O)n(C2CC[C@](C)(NC(C)=O)C2)c2cc(Nc3cc(C(C)(C)O)cc(-c4cnc(OC(C)C)s4)n3)ncc21. The second kappa shape index (κ2) is 11.3. The second-order valence-electron chi connectivity index (χ2n) is 12.3. The maximum atomic E-state index is 13.6. The lowest BCUT2D eigenvalue weighted by atomic mass is 9.98. The molecule has 13 nitrogen and oxygen atoms in total. The number of ether oxygens (including phenoxy) is 1. The molecule has 5 N–H and O–H groups in total. The number of pyridine rings is 2. The molecule has 15 heteroatoms. The van der Waals surface area contributed by atoms with Crippen LogP contribution in [0.5, 0.6) is 5.19 Å². The van der Waals surface area contributed by atoms with E-state index in [4.69, 9.17) is 17.6 Å². The summed E-state index contributed by atoms with van der Waals surface area (Å²) >= 11 is 1.33. The summed E-state index contributed by atoms with van der Waals surface area (Å²) in [6.45, 7) is 10.5. The number of fused-ring (bicyclic) bond motifs is 1. The number of thiazole rings is 1. The van der Waals surface area contributed by atoms with Crippen LogP contribution in [0.25, 0.3) is 21.6 Å². The van der Waals surface area contributed by atoms with Crippen molar-refractivity contribution in [3.63, 3.8) is 0 Å². The van der Waals surface area contributed by atoms with Crippen molar-refractivity contribution in [3.8, 4) is 15.8 Å². The first kappa shape index (κ1) is 31.6. The molecule has 1 unspecified atom stereocenters. The molecule has 0 bridgehead atoms. The summed E-state index contributed by atoms with van der Waals surface area (Å²) < 4.78 is 7.85. The molecule has 1 aliphatic carbocycles. The zero-order chi connectivity index (χ0) is 32.2. The molecule has 0 aliphatic heterocycles. The maximum Gasteiger partial charge on any atom is 0.332 e. The van der Waals surface area contributed by atoms with Gasteiger partial charge in [-0.1, -0.05) is 11.3 Å². The van der Waals surface area contributed by atoms with Gasteiger partial charge in [0.25, 0.3) is 5.19 Å². The standard InChI is InChI=1S/C29H36BN7O6S/c1-15(2)43-25-32-14-22(44-25)19-9-17(27(4,5)40)10-24(33-19)34-23-11-20-21(13-31-23)37(29(30,41)42)26(39)36(20)18-7-8-28(6,12-18)35-16(3)38/h9-11,13-15,18,40-42H,7-8,12H2,1-6H3,(H,35,38)(H,31,33,34)/t18?,28-/m0/s1. The van der Waals surface area contributed by atoms with Crippen molar-refractivity contribution in [1.82, 2.24) is 29.4 Å². The molecule has 4 aromatic rings. The van der Waals surface area contributed by atoms with Crippen LogP contribution in [0.2, 0.25) is 0 Å². The van der Waals surface area contributed by atoms with Gasteiger partial charge in [0.1, 0.15) is 11.6 Å². The number of anilines is 2. The van der Waals surface area contributed by atoms with E-state index in [1.807, 2.05) is 20.8 Å². The molecule has 0 spiro atoms. The van der Waals surface area contributed by atoms with E-state index < -0.39 is 22.6 Å². The van der Waals surface area contributed by atoms with Crippen LogP contribution in [0, 0.1) is 0 Å². The summed E-state index contributed by atoms with van der Waals surface area (Å²) in [5, 5.41) is 38.0. The minimum atomic E-state index is -2.97. The van der Waals surface area contributed by atoms with E-state index in [1.165, 1.54) is 29.0 Å². The van der Waals surface area contributed by atoms with E-state index in [0.717, 1.165) is 4.88 Å². The molecule has 4 heterocycles. The lowest BCUT2D eigenvalue weighted by molar-refractivity contribution is -0.151. The molecule has 4 aromatic heterocycles. The topological polar surface area (TPSA) is 177 Å². The third-order valence-corrected chi connectivity index (χ3v) is 8.42. The normalized spacial score (nSPS) is 19.1. The fraction of sp³-hybridized carbons (Fsp3) is 0.483. The Morgan fingerprint density at radius 3 is 2.52 bits per heavy atom. The van der Waals surface area contributed by atoms with Gasteiger partial charge in [0, 0.05) is 24.6 Å². The van der Waals surface area contributed by atoms with Crippen molar-refractivity contribution in [3.05, 3.63) is 46.6 Å². The van der Waals surface area contributed by atoms with Gasteiger partial charge >= 0.3 is 5.69 Å². The number of imidazole rings is 1. The molecule has 2 atom stereocenters. The largest absolute Gasteiger partial charge is 0.467 e. The molecule has 232 valence electrons. The van der Waals surface area contributed by atoms with Crippen LogP contribution < -0.4 is 21.1 Å². The molecular formula is C29H36BN7O6S. The Kier molecular flexibility index (Phi) is 8.12. The highest BCUT2D eigenvalue weighted by Crippen LogP contribution is 2.39. The molecule has 1 saturated carbocycles. The van der Waals surface area contributed by atoms with Crippen LogP contribution in [-0.4, -0.2) is 64.8 Å². The first-order valence-electron chi connectivity index (χ1n) is 14.2. The Morgan fingerprint density at radius 2 is 1.89 bits per heavy atom. The number of aromatic nitrogens is 5.